The van der Waals surface area contributed by atoms with Crippen molar-refractivity contribution in [1.29, 1.82) is 0 Å². The summed E-state index contributed by atoms with van der Waals surface area (Å²) in [5.74, 6) is 2.50. The zero-order valence-electron chi connectivity index (χ0n) is 13.5. The van der Waals surface area contributed by atoms with Crippen LogP contribution in [0.5, 0.6) is 17.2 Å². The van der Waals surface area contributed by atoms with E-state index in [1.807, 2.05) is 12.1 Å². The fourth-order valence-electron chi connectivity index (χ4n) is 1.52. The number of rotatable bonds is 5. The van der Waals surface area contributed by atoms with Crippen molar-refractivity contribution in [3.05, 3.63) is 17.7 Å². The van der Waals surface area contributed by atoms with Gasteiger partial charge in [0.05, 0.1) is 20.1 Å². The normalized spacial score (nSPS) is 12.2. The highest BCUT2D eigenvalue weighted by atomic mass is 35.5. The molecule has 1 aromatic carbocycles. The Kier molecular flexibility index (Phi) is 5.38. The Labute approximate surface area is 128 Å². The molecule has 20 heavy (non-hydrogen) atoms. The van der Waals surface area contributed by atoms with Crippen molar-refractivity contribution >= 4 is 19.9 Å². The maximum Gasteiger partial charge on any atom is 0.250 e. The van der Waals surface area contributed by atoms with E-state index in [0.29, 0.717) is 11.6 Å². The summed E-state index contributed by atoms with van der Waals surface area (Å²) >= 11 is 6.06. The van der Waals surface area contributed by atoms with Gasteiger partial charge in [-0.25, -0.2) is 0 Å². The number of halogens is 1. The molecule has 0 saturated carbocycles. The summed E-state index contributed by atoms with van der Waals surface area (Å²) in [6.07, 6.45) is 0. The monoisotopic (exact) mass is 316 g/mol. The minimum Gasteiger partial charge on any atom is -0.541 e. The molecule has 0 aliphatic heterocycles. The van der Waals surface area contributed by atoms with Gasteiger partial charge in [-0.3, -0.25) is 0 Å². The summed E-state index contributed by atoms with van der Waals surface area (Å²) in [4.78, 5) is 0. The van der Waals surface area contributed by atoms with E-state index >= 15 is 0 Å². The Bertz CT molecular complexity index is 442. The first-order chi connectivity index (χ1) is 9.16. The summed E-state index contributed by atoms with van der Waals surface area (Å²) in [6, 6.07) is 3.73. The number of benzene rings is 1. The van der Waals surface area contributed by atoms with Gasteiger partial charge in [-0.2, -0.15) is 0 Å². The van der Waals surface area contributed by atoms with Gasteiger partial charge < -0.3 is 13.9 Å². The fourth-order valence-corrected chi connectivity index (χ4v) is 2.77. The number of methoxy groups -OCH3 is 2. The lowest BCUT2D eigenvalue weighted by Crippen LogP contribution is -2.44. The molecular weight excluding hydrogens is 292 g/mol. The van der Waals surface area contributed by atoms with E-state index in [0.717, 1.165) is 17.1 Å². The Hall–Kier alpha value is -0.873. The molecule has 1 aromatic rings. The average Bonchev–Trinajstić information content (AvgIpc) is 2.37. The second-order valence-electron chi connectivity index (χ2n) is 6.31. The third kappa shape index (κ3) is 3.61. The standard InChI is InChI=1S/C15H25ClO3Si/c1-15(2,3)20(6,7)19-14-11(10-16)8-12(17-4)9-13(14)18-5/h8-9H,10H2,1-7H3. The van der Waals surface area contributed by atoms with E-state index in [2.05, 4.69) is 33.9 Å². The molecule has 0 unspecified atom stereocenters. The zero-order chi connectivity index (χ0) is 15.6. The maximum atomic E-state index is 6.38. The highest BCUT2D eigenvalue weighted by Gasteiger charge is 2.40. The molecule has 1 rings (SSSR count). The second kappa shape index (κ2) is 6.27. The molecule has 0 amide bonds. The average molecular weight is 317 g/mol. The van der Waals surface area contributed by atoms with E-state index in [1.54, 1.807) is 14.2 Å². The van der Waals surface area contributed by atoms with Crippen LogP contribution >= 0.6 is 11.6 Å². The third-order valence-corrected chi connectivity index (χ3v) is 8.48. The molecule has 5 heteroatoms. The van der Waals surface area contributed by atoms with E-state index < -0.39 is 8.32 Å². The topological polar surface area (TPSA) is 27.7 Å². The zero-order valence-corrected chi connectivity index (χ0v) is 15.2. The molecule has 0 saturated heterocycles. The predicted octanol–water partition coefficient (Wildman–Crippen LogP) is 4.83. The summed E-state index contributed by atoms with van der Waals surface area (Å²) in [5, 5.41) is 0.113. The van der Waals surface area contributed by atoms with Crippen LogP contribution in [0.25, 0.3) is 0 Å². The maximum absolute atomic E-state index is 6.38. The fraction of sp³-hybridized carbons (Fsp3) is 0.600. The largest absolute Gasteiger partial charge is 0.541 e. The van der Waals surface area contributed by atoms with Crippen LogP contribution in [0.2, 0.25) is 18.1 Å². The van der Waals surface area contributed by atoms with Gasteiger partial charge in [-0.15, -0.1) is 11.6 Å². The second-order valence-corrected chi connectivity index (χ2v) is 11.3. The van der Waals surface area contributed by atoms with Crippen LogP contribution in [0.4, 0.5) is 0 Å². The molecule has 0 N–H and O–H groups in total. The summed E-state index contributed by atoms with van der Waals surface area (Å²) in [6.45, 7) is 11.0. The lowest BCUT2D eigenvalue weighted by atomic mass is 10.2. The van der Waals surface area contributed by atoms with Crippen LogP contribution in [0.1, 0.15) is 26.3 Å². The SMILES string of the molecule is COc1cc(CCl)c(O[Si](C)(C)C(C)(C)C)c(OC)c1. The number of hydrogen-bond acceptors (Lipinski definition) is 3. The van der Waals surface area contributed by atoms with Gasteiger partial charge in [-0.05, 0) is 24.2 Å². The Balaban J connectivity index is 3.30. The third-order valence-electron chi connectivity index (χ3n) is 3.87. The van der Waals surface area contributed by atoms with Crippen LogP contribution in [0, 0.1) is 0 Å². The van der Waals surface area contributed by atoms with Crippen LogP contribution in [-0.2, 0) is 5.88 Å². The molecule has 0 radical (unpaired) electrons. The van der Waals surface area contributed by atoms with Gasteiger partial charge in [0, 0.05) is 11.6 Å². The van der Waals surface area contributed by atoms with Crippen molar-refractivity contribution in [3.63, 3.8) is 0 Å². The van der Waals surface area contributed by atoms with Gasteiger partial charge in [0.1, 0.15) is 5.75 Å². The van der Waals surface area contributed by atoms with Gasteiger partial charge in [0.2, 0.25) is 0 Å². The van der Waals surface area contributed by atoms with E-state index in [4.69, 9.17) is 25.5 Å². The van der Waals surface area contributed by atoms with Gasteiger partial charge in [-0.1, -0.05) is 20.8 Å². The molecule has 0 atom stereocenters. The van der Waals surface area contributed by atoms with Crippen molar-refractivity contribution in [3.8, 4) is 17.2 Å². The minimum absolute atomic E-state index is 0.113. The molecule has 0 spiro atoms. The Morgan fingerprint density at radius 2 is 1.70 bits per heavy atom. The van der Waals surface area contributed by atoms with Crippen LogP contribution in [-0.4, -0.2) is 22.5 Å². The number of ether oxygens (including phenoxy) is 2. The molecule has 0 aliphatic rings. The summed E-state index contributed by atoms with van der Waals surface area (Å²) in [7, 11) is 1.31. The molecule has 0 aliphatic carbocycles. The smallest absolute Gasteiger partial charge is 0.250 e. The van der Waals surface area contributed by atoms with Crippen molar-refractivity contribution < 1.29 is 13.9 Å². The Morgan fingerprint density at radius 3 is 2.10 bits per heavy atom. The lowest BCUT2D eigenvalue weighted by molar-refractivity contribution is 0.373. The highest BCUT2D eigenvalue weighted by molar-refractivity contribution is 6.74. The van der Waals surface area contributed by atoms with Crippen LogP contribution in [0.15, 0.2) is 12.1 Å². The Morgan fingerprint density at radius 1 is 1.10 bits per heavy atom. The van der Waals surface area contributed by atoms with Crippen LogP contribution < -0.4 is 13.9 Å². The first kappa shape index (κ1) is 17.2. The number of alkyl halides is 1. The van der Waals surface area contributed by atoms with Gasteiger partial charge >= 0.3 is 0 Å². The predicted molar refractivity (Wildman–Crippen MR) is 86.9 cm³/mol. The van der Waals surface area contributed by atoms with Gasteiger partial charge in [0.15, 0.2) is 11.5 Å². The quantitative estimate of drug-likeness (QED) is 0.575. The van der Waals surface area contributed by atoms with E-state index in [-0.39, 0.29) is 5.04 Å². The molecule has 114 valence electrons. The molecular formula is C15H25ClO3Si. The molecule has 0 fully saturated rings. The molecule has 3 nitrogen and oxygen atoms in total. The molecule has 0 aromatic heterocycles. The summed E-state index contributed by atoms with van der Waals surface area (Å²) in [5.41, 5.74) is 0.896. The summed E-state index contributed by atoms with van der Waals surface area (Å²) < 4.78 is 17.1. The first-order valence-corrected chi connectivity index (χ1v) is 10.1. The van der Waals surface area contributed by atoms with Crippen molar-refractivity contribution in [1.82, 2.24) is 0 Å². The minimum atomic E-state index is -1.95. The molecule has 0 heterocycles. The first-order valence-electron chi connectivity index (χ1n) is 6.66. The number of hydrogen-bond donors (Lipinski definition) is 0. The van der Waals surface area contributed by atoms with Crippen molar-refractivity contribution in [2.24, 2.45) is 0 Å². The van der Waals surface area contributed by atoms with E-state index in [9.17, 15) is 0 Å². The lowest BCUT2D eigenvalue weighted by Gasteiger charge is -2.37. The van der Waals surface area contributed by atoms with Crippen molar-refractivity contribution in [2.45, 2.75) is 44.8 Å². The van der Waals surface area contributed by atoms with Crippen molar-refractivity contribution in [2.75, 3.05) is 14.2 Å². The van der Waals surface area contributed by atoms with Gasteiger partial charge in [0.25, 0.3) is 8.32 Å². The molecule has 0 bridgehead atoms. The van der Waals surface area contributed by atoms with Crippen LogP contribution in [0.3, 0.4) is 0 Å². The van der Waals surface area contributed by atoms with E-state index in [1.165, 1.54) is 0 Å². The highest BCUT2D eigenvalue weighted by Crippen LogP contribution is 2.43.